The van der Waals surface area contributed by atoms with Crippen molar-refractivity contribution in [3.63, 3.8) is 0 Å². The van der Waals surface area contributed by atoms with E-state index in [-0.39, 0.29) is 18.1 Å². The molecule has 0 saturated heterocycles. The number of sulfone groups is 1. The summed E-state index contributed by atoms with van der Waals surface area (Å²) in [7, 11) is -3.23. The highest BCUT2D eigenvalue weighted by atomic mass is 32.2. The van der Waals surface area contributed by atoms with Crippen molar-refractivity contribution in [1.29, 1.82) is 0 Å². The topological polar surface area (TPSA) is 52.6 Å². The molecule has 0 aliphatic rings. The second kappa shape index (κ2) is 7.96. The quantitative estimate of drug-likeness (QED) is 0.699. The van der Waals surface area contributed by atoms with E-state index in [1.165, 1.54) is 0 Å². The maximum absolute atomic E-state index is 12.1. The minimum atomic E-state index is -3.23. The fourth-order valence-electron chi connectivity index (χ4n) is 1.98. The number of hydrogen-bond acceptors (Lipinski definition) is 4. The van der Waals surface area contributed by atoms with Crippen LogP contribution in [-0.2, 0) is 20.3 Å². The molecule has 0 atom stereocenters. The summed E-state index contributed by atoms with van der Waals surface area (Å²) in [6, 6.07) is 16.5. The summed E-state index contributed by atoms with van der Waals surface area (Å²) in [4.78, 5) is 0. The first-order valence-electron chi connectivity index (χ1n) is 7.19. The van der Waals surface area contributed by atoms with Crippen LogP contribution in [0.15, 0.2) is 54.6 Å². The Labute approximate surface area is 131 Å². The summed E-state index contributed by atoms with van der Waals surface area (Å²) in [6.07, 6.45) is 0. The predicted octanol–water partition coefficient (Wildman–Crippen LogP) is 3.43. The molecule has 0 heterocycles. The van der Waals surface area contributed by atoms with Crippen LogP contribution in [0.1, 0.15) is 12.5 Å². The molecule has 0 aromatic heterocycles. The van der Waals surface area contributed by atoms with Crippen molar-refractivity contribution in [2.75, 3.05) is 19.0 Å². The van der Waals surface area contributed by atoms with Gasteiger partial charge in [0.25, 0.3) is 0 Å². The molecule has 0 saturated carbocycles. The molecule has 0 aliphatic heterocycles. The van der Waals surface area contributed by atoms with Crippen molar-refractivity contribution in [2.45, 2.75) is 12.7 Å². The number of para-hydroxylation sites is 2. The van der Waals surface area contributed by atoms with Crippen LogP contribution in [0.25, 0.3) is 0 Å². The summed E-state index contributed by atoms with van der Waals surface area (Å²) in [5.41, 5.74) is 0.655. The van der Waals surface area contributed by atoms with Crippen LogP contribution in [0.2, 0.25) is 0 Å². The zero-order chi connectivity index (χ0) is 15.8. The van der Waals surface area contributed by atoms with Crippen molar-refractivity contribution >= 4 is 9.84 Å². The van der Waals surface area contributed by atoms with Gasteiger partial charge < -0.3 is 9.47 Å². The lowest BCUT2D eigenvalue weighted by atomic mass is 10.2. The third kappa shape index (κ3) is 5.16. The van der Waals surface area contributed by atoms with Crippen molar-refractivity contribution in [3.05, 3.63) is 60.2 Å². The van der Waals surface area contributed by atoms with Gasteiger partial charge in [0.1, 0.15) is 11.5 Å². The summed E-state index contributed by atoms with van der Waals surface area (Å²) < 4.78 is 35.2. The number of benzene rings is 2. The normalized spacial score (nSPS) is 11.3. The van der Waals surface area contributed by atoms with Gasteiger partial charge in [-0.1, -0.05) is 36.4 Å². The lowest BCUT2D eigenvalue weighted by Gasteiger charge is -2.11. The first-order chi connectivity index (χ1) is 10.6. The SMILES string of the molecule is CCOCCS(=O)(=O)Cc1ccccc1Oc1ccccc1. The van der Waals surface area contributed by atoms with Crippen LogP contribution >= 0.6 is 0 Å². The molecule has 0 fully saturated rings. The predicted molar refractivity (Wildman–Crippen MR) is 86.9 cm³/mol. The molecule has 0 N–H and O–H groups in total. The molecule has 0 amide bonds. The van der Waals surface area contributed by atoms with Gasteiger partial charge in [-0.15, -0.1) is 0 Å². The second-order valence-electron chi connectivity index (χ2n) is 4.81. The fraction of sp³-hybridized carbons (Fsp3) is 0.294. The van der Waals surface area contributed by atoms with Crippen molar-refractivity contribution in [3.8, 4) is 11.5 Å². The molecule has 0 spiro atoms. The molecule has 0 unspecified atom stereocenters. The third-order valence-corrected chi connectivity index (χ3v) is 4.60. The van der Waals surface area contributed by atoms with Gasteiger partial charge in [0.05, 0.1) is 18.1 Å². The summed E-state index contributed by atoms with van der Waals surface area (Å²) in [6.45, 7) is 2.58. The molecule has 2 aromatic carbocycles. The van der Waals surface area contributed by atoms with Crippen LogP contribution in [0.3, 0.4) is 0 Å². The molecule has 118 valence electrons. The molecule has 4 nitrogen and oxygen atoms in total. The van der Waals surface area contributed by atoms with Gasteiger partial charge in [-0.2, -0.15) is 0 Å². The fourth-order valence-corrected chi connectivity index (χ4v) is 3.21. The van der Waals surface area contributed by atoms with Crippen molar-refractivity contribution in [1.82, 2.24) is 0 Å². The zero-order valence-electron chi connectivity index (χ0n) is 12.6. The highest BCUT2D eigenvalue weighted by Crippen LogP contribution is 2.26. The Balaban J connectivity index is 2.11. The van der Waals surface area contributed by atoms with E-state index in [4.69, 9.17) is 9.47 Å². The van der Waals surface area contributed by atoms with E-state index in [0.29, 0.717) is 23.7 Å². The van der Waals surface area contributed by atoms with Gasteiger partial charge in [-0.3, -0.25) is 0 Å². The van der Waals surface area contributed by atoms with E-state index in [1.807, 2.05) is 49.4 Å². The maximum Gasteiger partial charge on any atom is 0.156 e. The standard InChI is InChI=1S/C17H20O4S/c1-2-20-12-13-22(18,19)14-15-8-6-7-11-17(15)21-16-9-4-3-5-10-16/h3-11H,2,12-14H2,1H3. The second-order valence-corrected chi connectivity index (χ2v) is 7.00. The lowest BCUT2D eigenvalue weighted by Crippen LogP contribution is -2.14. The Hall–Kier alpha value is -1.85. The molecule has 0 aliphatic carbocycles. The molecule has 5 heteroatoms. The third-order valence-electron chi connectivity index (χ3n) is 3.06. The molecule has 2 aromatic rings. The minimum absolute atomic E-state index is 0.0144. The van der Waals surface area contributed by atoms with Crippen molar-refractivity contribution < 1.29 is 17.9 Å². The molecule has 22 heavy (non-hydrogen) atoms. The summed E-state index contributed by atoms with van der Waals surface area (Å²) in [5, 5.41) is 0. The van der Waals surface area contributed by atoms with E-state index in [9.17, 15) is 8.42 Å². The molecule has 2 rings (SSSR count). The van der Waals surface area contributed by atoms with Gasteiger partial charge in [-0.25, -0.2) is 8.42 Å². The summed E-state index contributed by atoms with van der Waals surface area (Å²) >= 11 is 0. The van der Waals surface area contributed by atoms with Crippen LogP contribution in [0.4, 0.5) is 0 Å². The van der Waals surface area contributed by atoms with Crippen LogP contribution in [0, 0.1) is 0 Å². The van der Waals surface area contributed by atoms with E-state index >= 15 is 0 Å². The Bertz CT molecular complexity index is 681. The van der Waals surface area contributed by atoms with Gasteiger partial charge in [0.15, 0.2) is 9.84 Å². The average molecular weight is 320 g/mol. The maximum atomic E-state index is 12.1. The zero-order valence-corrected chi connectivity index (χ0v) is 13.4. The van der Waals surface area contributed by atoms with Crippen LogP contribution in [0.5, 0.6) is 11.5 Å². The first-order valence-corrected chi connectivity index (χ1v) is 9.02. The molecular weight excluding hydrogens is 300 g/mol. The van der Waals surface area contributed by atoms with E-state index < -0.39 is 9.84 Å². The van der Waals surface area contributed by atoms with E-state index in [1.54, 1.807) is 12.1 Å². The van der Waals surface area contributed by atoms with Gasteiger partial charge in [0, 0.05) is 12.2 Å². The lowest BCUT2D eigenvalue weighted by molar-refractivity contribution is 0.163. The summed E-state index contributed by atoms with van der Waals surface area (Å²) in [5.74, 6) is 1.21. The molecule has 0 radical (unpaired) electrons. The monoisotopic (exact) mass is 320 g/mol. The van der Waals surface area contributed by atoms with E-state index in [0.717, 1.165) is 0 Å². The highest BCUT2D eigenvalue weighted by molar-refractivity contribution is 7.90. The average Bonchev–Trinajstić information content (AvgIpc) is 2.50. The van der Waals surface area contributed by atoms with Crippen LogP contribution in [-0.4, -0.2) is 27.4 Å². The van der Waals surface area contributed by atoms with E-state index in [2.05, 4.69) is 0 Å². The Kier molecular flexibility index (Phi) is 5.98. The van der Waals surface area contributed by atoms with Gasteiger partial charge >= 0.3 is 0 Å². The first kappa shape index (κ1) is 16.5. The van der Waals surface area contributed by atoms with Crippen molar-refractivity contribution in [2.24, 2.45) is 0 Å². The van der Waals surface area contributed by atoms with Crippen LogP contribution < -0.4 is 4.74 Å². The number of rotatable bonds is 8. The molecular formula is C17H20O4S. The number of hydrogen-bond donors (Lipinski definition) is 0. The Morgan fingerprint density at radius 2 is 1.64 bits per heavy atom. The number of ether oxygens (including phenoxy) is 2. The molecule has 0 bridgehead atoms. The highest BCUT2D eigenvalue weighted by Gasteiger charge is 2.15. The minimum Gasteiger partial charge on any atom is -0.457 e. The Morgan fingerprint density at radius 1 is 0.955 bits per heavy atom. The van der Waals surface area contributed by atoms with Gasteiger partial charge in [0.2, 0.25) is 0 Å². The van der Waals surface area contributed by atoms with Gasteiger partial charge in [-0.05, 0) is 25.1 Å². The Morgan fingerprint density at radius 3 is 2.36 bits per heavy atom. The smallest absolute Gasteiger partial charge is 0.156 e. The largest absolute Gasteiger partial charge is 0.457 e.